The van der Waals surface area contributed by atoms with Gasteiger partial charge in [-0.2, -0.15) is 0 Å². The zero-order valence-corrected chi connectivity index (χ0v) is 16.2. The van der Waals surface area contributed by atoms with Crippen LogP contribution in [0.15, 0.2) is 41.0 Å². The van der Waals surface area contributed by atoms with Crippen LogP contribution in [0.25, 0.3) is 21.3 Å². The lowest BCUT2D eigenvalue weighted by Gasteiger charge is -2.13. The first-order valence-electron chi connectivity index (χ1n) is 7.95. The van der Waals surface area contributed by atoms with Crippen molar-refractivity contribution in [2.45, 2.75) is 30.5 Å². The Bertz CT molecular complexity index is 880. The SMILES string of the molecule is CCOC(=O)[C@@H](CC)Sc1ncnc2scc(-c3ccc(Cl)cc3)c12. The molecule has 0 unspecified atom stereocenters. The van der Waals surface area contributed by atoms with Crippen molar-refractivity contribution in [1.29, 1.82) is 0 Å². The highest BCUT2D eigenvalue weighted by atomic mass is 35.5. The number of ether oxygens (including phenoxy) is 1. The maximum absolute atomic E-state index is 12.1. The topological polar surface area (TPSA) is 52.1 Å². The second kappa shape index (κ2) is 8.17. The fourth-order valence-corrected chi connectivity index (χ4v) is 4.59. The number of halogens is 1. The van der Waals surface area contributed by atoms with Crippen molar-refractivity contribution < 1.29 is 9.53 Å². The monoisotopic (exact) mass is 392 g/mol. The van der Waals surface area contributed by atoms with E-state index in [0.717, 1.165) is 26.4 Å². The Morgan fingerprint density at radius 2 is 2.04 bits per heavy atom. The number of fused-ring (bicyclic) bond motifs is 1. The van der Waals surface area contributed by atoms with Crippen LogP contribution in [0.5, 0.6) is 0 Å². The van der Waals surface area contributed by atoms with Crippen molar-refractivity contribution in [2.75, 3.05) is 6.61 Å². The minimum Gasteiger partial charge on any atom is -0.465 e. The summed E-state index contributed by atoms with van der Waals surface area (Å²) in [6.07, 6.45) is 2.22. The summed E-state index contributed by atoms with van der Waals surface area (Å²) in [6.45, 7) is 4.17. The van der Waals surface area contributed by atoms with Crippen LogP contribution in [0.2, 0.25) is 5.02 Å². The number of nitrogens with zero attached hydrogens (tertiary/aromatic N) is 2. The van der Waals surface area contributed by atoms with E-state index in [1.54, 1.807) is 17.7 Å². The van der Waals surface area contributed by atoms with Gasteiger partial charge in [0.25, 0.3) is 0 Å². The first-order chi connectivity index (χ1) is 12.1. The molecule has 0 saturated heterocycles. The molecule has 0 saturated carbocycles. The van der Waals surface area contributed by atoms with Crippen LogP contribution < -0.4 is 0 Å². The van der Waals surface area contributed by atoms with E-state index in [0.29, 0.717) is 18.1 Å². The number of esters is 1. The highest BCUT2D eigenvalue weighted by Crippen LogP contribution is 2.39. The third kappa shape index (κ3) is 3.97. The standard InChI is InChI=1S/C18H17ClN2O2S2/c1-3-14(18(22)23-4-2)25-17-15-13(9-24-16(15)20-10-21-17)11-5-7-12(19)8-6-11/h5-10,14H,3-4H2,1-2H3/t14-/m1/s1. The Hall–Kier alpha value is -1.63. The van der Waals surface area contributed by atoms with E-state index >= 15 is 0 Å². The van der Waals surface area contributed by atoms with Gasteiger partial charge in [0.05, 0.1) is 12.0 Å². The smallest absolute Gasteiger partial charge is 0.319 e. The minimum absolute atomic E-state index is 0.204. The number of hydrogen-bond acceptors (Lipinski definition) is 6. The molecule has 1 aromatic carbocycles. The summed E-state index contributed by atoms with van der Waals surface area (Å²) in [7, 11) is 0. The molecule has 0 radical (unpaired) electrons. The van der Waals surface area contributed by atoms with E-state index < -0.39 is 0 Å². The first-order valence-corrected chi connectivity index (χ1v) is 10.1. The maximum Gasteiger partial charge on any atom is 0.319 e. The van der Waals surface area contributed by atoms with Gasteiger partial charge < -0.3 is 4.74 Å². The van der Waals surface area contributed by atoms with Crippen molar-refractivity contribution in [1.82, 2.24) is 9.97 Å². The van der Waals surface area contributed by atoms with Gasteiger partial charge >= 0.3 is 5.97 Å². The quantitative estimate of drug-likeness (QED) is 0.317. The summed E-state index contributed by atoms with van der Waals surface area (Å²) >= 11 is 9.00. The second-order valence-corrected chi connectivity index (χ2v) is 7.77. The van der Waals surface area contributed by atoms with Gasteiger partial charge in [-0.3, -0.25) is 4.79 Å². The number of thiophene rings is 1. The average molecular weight is 393 g/mol. The normalized spacial score (nSPS) is 12.3. The molecule has 4 nitrogen and oxygen atoms in total. The van der Waals surface area contributed by atoms with Crippen molar-refractivity contribution in [3.05, 3.63) is 41.0 Å². The van der Waals surface area contributed by atoms with E-state index in [1.807, 2.05) is 38.1 Å². The first kappa shape index (κ1) is 18.2. The molecule has 3 rings (SSSR count). The number of aromatic nitrogens is 2. The third-order valence-electron chi connectivity index (χ3n) is 3.66. The number of thioether (sulfide) groups is 1. The fraction of sp³-hybridized carbons (Fsp3) is 0.278. The van der Waals surface area contributed by atoms with Gasteiger partial charge in [-0.15, -0.1) is 11.3 Å². The Morgan fingerprint density at radius 1 is 1.28 bits per heavy atom. The Morgan fingerprint density at radius 3 is 2.72 bits per heavy atom. The molecule has 0 N–H and O–H groups in total. The Labute approximate surface area is 159 Å². The van der Waals surface area contributed by atoms with Gasteiger partial charge in [0.15, 0.2) is 0 Å². The second-order valence-electron chi connectivity index (χ2n) is 5.28. The van der Waals surface area contributed by atoms with Gasteiger partial charge in [-0.05, 0) is 31.0 Å². The molecular weight excluding hydrogens is 376 g/mol. The van der Waals surface area contributed by atoms with Gasteiger partial charge in [0.2, 0.25) is 0 Å². The van der Waals surface area contributed by atoms with Gasteiger partial charge in [-0.1, -0.05) is 42.4 Å². The van der Waals surface area contributed by atoms with Crippen LogP contribution in [0, 0.1) is 0 Å². The van der Waals surface area contributed by atoms with Crippen LogP contribution in [-0.4, -0.2) is 27.8 Å². The molecule has 2 heterocycles. The van der Waals surface area contributed by atoms with Gasteiger partial charge in [0.1, 0.15) is 21.4 Å². The highest BCUT2D eigenvalue weighted by Gasteiger charge is 2.22. The number of carbonyl (C=O) groups is 1. The Kier molecular flexibility index (Phi) is 5.93. The predicted molar refractivity (Wildman–Crippen MR) is 104 cm³/mol. The van der Waals surface area contributed by atoms with Crippen LogP contribution in [0.1, 0.15) is 20.3 Å². The zero-order chi connectivity index (χ0) is 17.8. The van der Waals surface area contributed by atoms with Crippen LogP contribution in [0.3, 0.4) is 0 Å². The van der Waals surface area contributed by atoms with E-state index in [-0.39, 0.29) is 11.2 Å². The molecule has 0 aliphatic carbocycles. The summed E-state index contributed by atoms with van der Waals surface area (Å²) < 4.78 is 5.17. The van der Waals surface area contributed by atoms with Crippen LogP contribution >= 0.6 is 34.7 Å². The largest absolute Gasteiger partial charge is 0.465 e. The number of carbonyl (C=O) groups excluding carboxylic acids is 1. The molecule has 0 bridgehead atoms. The van der Waals surface area contributed by atoms with E-state index in [9.17, 15) is 4.79 Å². The number of benzene rings is 1. The molecule has 7 heteroatoms. The summed E-state index contributed by atoms with van der Waals surface area (Å²) in [5.74, 6) is -0.204. The van der Waals surface area contributed by atoms with E-state index in [1.165, 1.54) is 11.8 Å². The summed E-state index contributed by atoms with van der Waals surface area (Å²) in [4.78, 5) is 21.9. The molecule has 130 valence electrons. The molecule has 0 fully saturated rings. The third-order valence-corrected chi connectivity index (χ3v) is 6.15. The summed E-state index contributed by atoms with van der Waals surface area (Å²) in [5.41, 5.74) is 2.11. The number of rotatable bonds is 6. The van der Waals surface area contributed by atoms with E-state index in [2.05, 4.69) is 15.3 Å². The fourth-order valence-electron chi connectivity index (χ4n) is 2.45. The predicted octanol–water partition coefficient (Wildman–Crippen LogP) is 5.45. The minimum atomic E-state index is -0.281. The van der Waals surface area contributed by atoms with E-state index in [4.69, 9.17) is 16.3 Å². The average Bonchev–Trinajstić information content (AvgIpc) is 3.05. The lowest BCUT2D eigenvalue weighted by molar-refractivity contribution is -0.142. The molecular formula is C18H17ClN2O2S2. The maximum atomic E-state index is 12.1. The van der Waals surface area contributed by atoms with Crippen LogP contribution in [0.4, 0.5) is 0 Å². The molecule has 3 aromatic rings. The van der Waals surface area contributed by atoms with Crippen LogP contribution in [-0.2, 0) is 9.53 Å². The Balaban J connectivity index is 2.02. The van der Waals surface area contributed by atoms with Crippen molar-refractivity contribution in [3.8, 4) is 11.1 Å². The summed E-state index contributed by atoms with van der Waals surface area (Å²) in [5, 5.41) is 4.26. The van der Waals surface area contributed by atoms with Crippen molar-refractivity contribution >= 4 is 50.9 Å². The molecule has 0 aliphatic heterocycles. The van der Waals surface area contributed by atoms with Crippen molar-refractivity contribution in [2.24, 2.45) is 0 Å². The number of hydrogen-bond donors (Lipinski definition) is 0. The zero-order valence-electron chi connectivity index (χ0n) is 13.9. The molecule has 1 atom stereocenters. The molecule has 25 heavy (non-hydrogen) atoms. The highest BCUT2D eigenvalue weighted by molar-refractivity contribution is 8.00. The van der Waals surface area contributed by atoms with Gasteiger partial charge in [0, 0.05) is 16.0 Å². The van der Waals surface area contributed by atoms with Crippen molar-refractivity contribution in [3.63, 3.8) is 0 Å². The summed E-state index contributed by atoms with van der Waals surface area (Å²) in [6, 6.07) is 7.69. The molecule has 0 amide bonds. The lowest BCUT2D eigenvalue weighted by Crippen LogP contribution is -2.19. The molecule has 0 spiro atoms. The molecule has 0 aliphatic rings. The molecule has 2 aromatic heterocycles. The lowest BCUT2D eigenvalue weighted by atomic mass is 10.1. The van der Waals surface area contributed by atoms with Gasteiger partial charge in [-0.25, -0.2) is 9.97 Å².